The highest BCUT2D eigenvalue weighted by atomic mass is 31.2. The van der Waals surface area contributed by atoms with Crippen LogP contribution in [0.1, 0.15) is 336 Å². The van der Waals surface area contributed by atoms with Gasteiger partial charge in [0.2, 0.25) is 0 Å². The van der Waals surface area contributed by atoms with Gasteiger partial charge in [-0.15, -0.1) is 0 Å². The van der Waals surface area contributed by atoms with Crippen molar-refractivity contribution in [2.24, 2.45) is 0 Å². The molecule has 2 unspecified atom stereocenters. The predicted octanol–water partition coefficient (Wildman–Crippen LogP) is 22.2. The molecule has 17 nitrogen and oxygen atoms in total. The molecule has 0 heterocycles. The van der Waals surface area contributed by atoms with E-state index in [-0.39, 0.29) is 25.7 Å². The van der Waals surface area contributed by atoms with Gasteiger partial charge in [0.25, 0.3) is 0 Å². The summed E-state index contributed by atoms with van der Waals surface area (Å²) < 4.78 is 68.4. The Balaban J connectivity index is 5.38. The zero-order valence-electron chi connectivity index (χ0n) is 62.0. The predicted molar refractivity (Wildman–Crippen MR) is 399 cm³/mol. The smallest absolute Gasteiger partial charge is 0.462 e. The molecule has 0 rings (SSSR count). The summed E-state index contributed by atoms with van der Waals surface area (Å²) in [4.78, 5) is 72.8. The Labute approximate surface area is 595 Å². The molecular formula is C79H140O17P2. The number of allylic oxidation sites excluding steroid dienone is 14. The molecule has 0 amide bonds. The van der Waals surface area contributed by atoms with Crippen molar-refractivity contribution in [3.05, 3.63) is 85.1 Å². The molecule has 19 heteroatoms. The minimum atomic E-state index is -4.98. The Bertz CT molecular complexity index is 2190. The molecule has 0 spiro atoms. The number of aliphatic hydroxyl groups excluding tert-OH is 1. The SMILES string of the molecule is CCCCC/C=C\C/C=C\C/C=C\C/C=C\CCCC(=O)OC[C@H](COP(=O)(O)OC[C@@H](O)COP(=O)(O)OC[C@@H](COC(=O)CCCCCCC/C=C\C=C/CCCCCC)OC(=O)CCCCCCC/C=C\CCCCCC)OC(=O)CCCCCCCCCCCCCCC. The third kappa shape index (κ3) is 70.7. The van der Waals surface area contributed by atoms with Crippen molar-refractivity contribution in [3.63, 3.8) is 0 Å². The Morgan fingerprint density at radius 2 is 0.541 bits per heavy atom. The van der Waals surface area contributed by atoms with E-state index in [1.165, 1.54) is 122 Å². The van der Waals surface area contributed by atoms with Crippen molar-refractivity contribution in [1.82, 2.24) is 0 Å². The molecule has 0 radical (unpaired) electrons. The van der Waals surface area contributed by atoms with Crippen LogP contribution in [0.5, 0.6) is 0 Å². The van der Waals surface area contributed by atoms with E-state index >= 15 is 0 Å². The molecule has 0 aliphatic rings. The molecule has 5 atom stereocenters. The molecule has 0 saturated heterocycles. The van der Waals surface area contributed by atoms with Gasteiger partial charge in [-0.1, -0.05) is 280 Å². The Kier molecular flexibility index (Phi) is 68.9. The van der Waals surface area contributed by atoms with Crippen molar-refractivity contribution in [2.45, 2.75) is 354 Å². The lowest BCUT2D eigenvalue weighted by molar-refractivity contribution is -0.161. The number of rotatable bonds is 73. The highest BCUT2D eigenvalue weighted by Gasteiger charge is 2.30. The summed E-state index contributed by atoms with van der Waals surface area (Å²) in [6.07, 6.45) is 72.9. The van der Waals surface area contributed by atoms with Crippen LogP contribution in [0.4, 0.5) is 0 Å². The normalized spacial score (nSPS) is 14.4. The Hall–Kier alpha value is -3.76. The van der Waals surface area contributed by atoms with Crippen LogP contribution >= 0.6 is 15.6 Å². The first kappa shape index (κ1) is 94.2. The van der Waals surface area contributed by atoms with Crippen LogP contribution in [-0.2, 0) is 65.4 Å². The van der Waals surface area contributed by atoms with Crippen LogP contribution in [0.15, 0.2) is 85.1 Å². The van der Waals surface area contributed by atoms with Gasteiger partial charge < -0.3 is 33.8 Å². The fourth-order valence-corrected chi connectivity index (χ4v) is 12.0. The number of phosphoric acid groups is 2. The third-order valence-corrected chi connectivity index (χ3v) is 18.3. The zero-order chi connectivity index (χ0) is 71.8. The first-order chi connectivity index (χ1) is 47.7. The molecule has 568 valence electrons. The summed E-state index contributed by atoms with van der Waals surface area (Å²) in [6.45, 7) is 4.75. The number of aliphatic hydroxyl groups is 1. The van der Waals surface area contributed by atoms with Crippen molar-refractivity contribution in [3.8, 4) is 0 Å². The Morgan fingerprint density at radius 3 is 0.908 bits per heavy atom. The molecule has 0 saturated carbocycles. The van der Waals surface area contributed by atoms with Crippen LogP contribution in [0.25, 0.3) is 0 Å². The standard InChI is InChI=1S/C79H140O17P2/c1-5-9-13-17-21-25-29-33-35-36-38-42-44-48-52-56-60-64-77(82)90-70-75(96-79(84)66-62-58-54-50-46-40-32-28-24-20-16-12-8-4)72-94-98(87,88)92-68-73(80)67-91-97(85,86)93-71-74(95-78(83)65-61-57-53-49-45-39-31-27-23-19-15-11-7-3)69-89-76(81)63-59-55-51-47-43-41-37-34-30-26-22-18-14-10-6-2/h21,25-27,30-31,33-35,37-38,42,48,52,73-75,80H,5-20,22-24,28-29,32,36,39-41,43-47,49-51,53-72H2,1-4H3,(H,85,86)(H,87,88)/b25-21-,30-26-,31-27-,35-33-,37-34-,42-38-,52-48-/t73-,74+,75+/m0/s1. The third-order valence-electron chi connectivity index (χ3n) is 16.4. The number of carbonyl (C=O) groups is 4. The summed E-state index contributed by atoms with van der Waals surface area (Å²) in [5.41, 5.74) is 0. The van der Waals surface area contributed by atoms with Crippen LogP contribution < -0.4 is 0 Å². The molecule has 0 fully saturated rings. The van der Waals surface area contributed by atoms with E-state index in [4.69, 9.17) is 37.0 Å². The van der Waals surface area contributed by atoms with Gasteiger partial charge in [-0.05, 0) is 116 Å². The van der Waals surface area contributed by atoms with E-state index in [2.05, 4.69) is 101 Å². The molecule has 3 N–H and O–H groups in total. The van der Waals surface area contributed by atoms with Crippen molar-refractivity contribution in [2.75, 3.05) is 39.6 Å². The quantitative estimate of drug-likeness (QED) is 0.0128. The number of phosphoric ester groups is 2. The molecule has 0 aromatic carbocycles. The number of unbranched alkanes of at least 4 members (excludes halogenated alkanes) is 34. The Morgan fingerprint density at radius 1 is 0.296 bits per heavy atom. The van der Waals surface area contributed by atoms with Gasteiger partial charge in [0.1, 0.15) is 19.3 Å². The lowest BCUT2D eigenvalue weighted by atomic mass is 10.0. The van der Waals surface area contributed by atoms with Gasteiger partial charge in [0.05, 0.1) is 26.4 Å². The van der Waals surface area contributed by atoms with Crippen molar-refractivity contribution >= 4 is 39.5 Å². The van der Waals surface area contributed by atoms with Crippen molar-refractivity contribution < 1.29 is 80.2 Å². The highest BCUT2D eigenvalue weighted by Crippen LogP contribution is 2.45. The second kappa shape index (κ2) is 71.6. The van der Waals surface area contributed by atoms with Gasteiger partial charge in [-0.3, -0.25) is 37.3 Å². The number of hydrogen-bond acceptors (Lipinski definition) is 15. The molecule has 98 heavy (non-hydrogen) atoms. The molecule has 0 aromatic rings. The second-order valence-corrected chi connectivity index (χ2v) is 28.9. The topological polar surface area (TPSA) is 237 Å². The zero-order valence-corrected chi connectivity index (χ0v) is 63.7. The van der Waals surface area contributed by atoms with Gasteiger partial charge in [-0.2, -0.15) is 0 Å². The first-order valence-corrected chi connectivity index (χ1v) is 41.8. The van der Waals surface area contributed by atoms with E-state index in [0.717, 1.165) is 128 Å². The molecule has 0 aliphatic heterocycles. The number of esters is 4. The van der Waals surface area contributed by atoms with Crippen LogP contribution in [0.3, 0.4) is 0 Å². The van der Waals surface area contributed by atoms with Crippen molar-refractivity contribution in [1.29, 1.82) is 0 Å². The van der Waals surface area contributed by atoms with Gasteiger partial charge >= 0.3 is 39.5 Å². The van der Waals surface area contributed by atoms with Gasteiger partial charge in [-0.25, -0.2) is 9.13 Å². The summed E-state index contributed by atoms with van der Waals surface area (Å²) in [5, 5.41) is 10.6. The maximum atomic E-state index is 13.1. The lowest BCUT2D eigenvalue weighted by Gasteiger charge is -2.21. The maximum absolute atomic E-state index is 13.1. The fraction of sp³-hybridized carbons (Fsp3) is 0.772. The fourth-order valence-electron chi connectivity index (χ4n) is 10.4. The largest absolute Gasteiger partial charge is 0.472 e. The monoisotopic (exact) mass is 1420 g/mol. The van der Waals surface area contributed by atoms with Crippen LogP contribution in [-0.4, -0.2) is 96.7 Å². The van der Waals surface area contributed by atoms with Crippen LogP contribution in [0.2, 0.25) is 0 Å². The molecule has 0 bridgehead atoms. The average Bonchev–Trinajstić information content (AvgIpc) is 0.969. The molecule has 0 aliphatic carbocycles. The van der Waals surface area contributed by atoms with Gasteiger partial charge in [0, 0.05) is 25.7 Å². The van der Waals surface area contributed by atoms with E-state index < -0.39 is 97.5 Å². The minimum Gasteiger partial charge on any atom is -0.462 e. The number of ether oxygens (including phenoxy) is 4. The van der Waals surface area contributed by atoms with E-state index in [1.54, 1.807) is 0 Å². The van der Waals surface area contributed by atoms with E-state index in [0.29, 0.717) is 32.1 Å². The minimum absolute atomic E-state index is 0.0820. The summed E-state index contributed by atoms with van der Waals surface area (Å²) in [5.74, 6) is -2.25. The van der Waals surface area contributed by atoms with E-state index in [1.807, 2.05) is 12.2 Å². The number of hydrogen-bond donors (Lipinski definition) is 3. The maximum Gasteiger partial charge on any atom is 0.472 e. The highest BCUT2D eigenvalue weighted by molar-refractivity contribution is 7.47. The summed E-state index contributed by atoms with van der Waals surface area (Å²) >= 11 is 0. The van der Waals surface area contributed by atoms with E-state index in [9.17, 15) is 43.2 Å². The van der Waals surface area contributed by atoms with Crippen LogP contribution in [0, 0.1) is 0 Å². The number of carbonyl (C=O) groups excluding carboxylic acids is 4. The second-order valence-electron chi connectivity index (χ2n) is 26.0. The molecular weight excluding hydrogens is 1280 g/mol. The first-order valence-electron chi connectivity index (χ1n) is 38.8. The average molecular weight is 1420 g/mol. The van der Waals surface area contributed by atoms with Gasteiger partial charge in [0.15, 0.2) is 12.2 Å². The summed E-state index contributed by atoms with van der Waals surface area (Å²) in [6, 6.07) is 0. The molecule has 0 aromatic heterocycles. The summed E-state index contributed by atoms with van der Waals surface area (Å²) in [7, 11) is -9.96. The lowest BCUT2D eigenvalue weighted by Crippen LogP contribution is -2.30.